The third-order valence-electron chi connectivity index (χ3n) is 4.94. The fourth-order valence-corrected chi connectivity index (χ4v) is 3.41. The number of hydrogen-bond donors (Lipinski definition) is 0. The van der Waals surface area contributed by atoms with E-state index in [0.717, 1.165) is 17.3 Å². The first-order valence-corrected chi connectivity index (χ1v) is 9.30. The number of fused-ring (bicyclic) bond motifs is 1. The number of carbonyl (C=O) groups is 2. The van der Waals surface area contributed by atoms with Gasteiger partial charge in [0.2, 0.25) is 5.91 Å². The molecule has 0 bridgehead atoms. The largest absolute Gasteiger partial charge is 0.381 e. The molecule has 0 unspecified atom stereocenters. The zero-order chi connectivity index (χ0) is 18.5. The first-order valence-electron chi connectivity index (χ1n) is 9.30. The third kappa shape index (κ3) is 4.07. The van der Waals surface area contributed by atoms with Gasteiger partial charge in [0.15, 0.2) is 0 Å². The Morgan fingerprint density at radius 1 is 1.08 bits per heavy atom. The summed E-state index contributed by atoms with van der Waals surface area (Å²) in [6.45, 7) is 5.55. The van der Waals surface area contributed by atoms with Gasteiger partial charge < -0.3 is 19.1 Å². The van der Waals surface area contributed by atoms with Crippen LogP contribution >= 0.6 is 0 Å². The molecule has 1 saturated heterocycles. The molecule has 2 aromatic rings. The van der Waals surface area contributed by atoms with Crippen LogP contribution in [-0.4, -0.2) is 65.6 Å². The second-order valence-corrected chi connectivity index (χ2v) is 6.67. The number of hydrogen-bond acceptors (Lipinski definition) is 3. The maximum Gasteiger partial charge on any atom is 0.253 e. The zero-order valence-corrected chi connectivity index (χ0v) is 15.6. The number of nitrogens with zero attached hydrogens (tertiary/aromatic N) is 3. The van der Waals surface area contributed by atoms with Crippen LogP contribution in [0.3, 0.4) is 0 Å². The van der Waals surface area contributed by atoms with Crippen LogP contribution in [0.5, 0.6) is 0 Å². The summed E-state index contributed by atoms with van der Waals surface area (Å²) in [5, 5.41) is 1.13. The van der Waals surface area contributed by atoms with Crippen molar-refractivity contribution in [1.29, 1.82) is 0 Å². The lowest BCUT2D eigenvalue weighted by atomic mass is 10.1. The van der Waals surface area contributed by atoms with Crippen molar-refractivity contribution in [1.82, 2.24) is 14.4 Å². The molecule has 6 nitrogen and oxygen atoms in total. The average molecular weight is 357 g/mol. The summed E-state index contributed by atoms with van der Waals surface area (Å²) in [5.74, 6) is 0.148. The van der Waals surface area contributed by atoms with Crippen LogP contribution < -0.4 is 0 Å². The van der Waals surface area contributed by atoms with Crippen molar-refractivity contribution >= 4 is 22.7 Å². The van der Waals surface area contributed by atoms with Gasteiger partial charge in [-0.1, -0.05) is 6.07 Å². The zero-order valence-electron chi connectivity index (χ0n) is 15.6. The quantitative estimate of drug-likeness (QED) is 0.772. The molecule has 1 aliphatic heterocycles. The molecule has 0 spiro atoms. The smallest absolute Gasteiger partial charge is 0.253 e. The number of rotatable bonds is 5. The summed E-state index contributed by atoms with van der Waals surface area (Å²) in [5.41, 5.74) is 1.76. The van der Waals surface area contributed by atoms with Gasteiger partial charge in [0, 0.05) is 57.1 Å². The minimum absolute atomic E-state index is 0.0386. The van der Waals surface area contributed by atoms with E-state index < -0.39 is 0 Å². The molecule has 140 valence electrons. The molecule has 0 atom stereocenters. The van der Waals surface area contributed by atoms with E-state index in [4.69, 9.17) is 4.74 Å². The first kappa shape index (κ1) is 18.5. The van der Waals surface area contributed by atoms with E-state index in [1.807, 2.05) is 58.8 Å². The summed E-state index contributed by atoms with van der Waals surface area (Å²) < 4.78 is 7.29. The van der Waals surface area contributed by atoms with Crippen molar-refractivity contribution in [2.75, 3.05) is 39.4 Å². The van der Waals surface area contributed by atoms with Crippen molar-refractivity contribution in [3.05, 3.63) is 36.0 Å². The number of aromatic nitrogens is 1. The molecule has 1 aromatic carbocycles. The molecule has 0 saturated carbocycles. The average Bonchev–Trinajstić information content (AvgIpc) is 2.86. The molecule has 2 heterocycles. The van der Waals surface area contributed by atoms with E-state index in [1.54, 1.807) is 0 Å². The van der Waals surface area contributed by atoms with Gasteiger partial charge >= 0.3 is 0 Å². The van der Waals surface area contributed by atoms with Crippen LogP contribution in [0.1, 0.15) is 30.1 Å². The Kier molecular flexibility index (Phi) is 5.93. The van der Waals surface area contributed by atoms with E-state index in [9.17, 15) is 9.59 Å². The highest BCUT2D eigenvalue weighted by atomic mass is 16.5. The Morgan fingerprint density at radius 2 is 1.85 bits per heavy atom. The molecule has 1 aromatic heterocycles. The number of benzene rings is 1. The van der Waals surface area contributed by atoms with Crippen LogP contribution in [0.15, 0.2) is 30.5 Å². The molecular weight excluding hydrogens is 330 g/mol. The Hall–Kier alpha value is -2.34. The summed E-state index contributed by atoms with van der Waals surface area (Å²) in [6, 6.07) is 7.87. The van der Waals surface area contributed by atoms with Crippen molar-refractivity contribution in [2.45, 2.75) is 19.8 Å². The molecule has 2 amide bonds. The lowest BCUT2D eigenvalue weighted by Crippen LogP contribution is -2.37. The molecule has 1 aliphatic rings. The summed E-state index contributed by atoms with van der Waals surface area (Å²) >= 11 is 0. The molecule has 26 heavy (non-hydrogen) atoms. The molecule has 6 heteroatoms. The van der Waals surface area contributed by atoms with Gasteiger partial charge in [0.25, 0.3) is 5.91 Å². The first-order chi connectivity index (χ1) is 12.6. The fourth-order valence-electron chi connectivity index (χ4n) is 3.41. The number of carbonyl (C=O) groups excluding carboxylic acids is 2. The van der Waals surface area contributed by atoms with Crippen LogP contribution in [0.25, 0.3) is 10.9 Å². The number of ether oxygens (including phenoxy) is 1. The molecule has 1 fully saturated rings. The van der Waals surface area contributed by atoms with Crippen LogP contribution in [0, 0.1) is 0 Å². The topological polar surface area (TPSA) is 54.8 Å². The minimum atomic E-state index is 0.0386. The van der Waals surface area contributed by atoms with Gasteiger partial charge in [-0.25, -0.2) is 0 Å². The lowest BCUT2D eigenvalue weighted by Gasteiger charge is -2.22. The third-order valence-corrected chi connectivity index (χ3v) is 4.94. The summed E-state index contributed by atoms with van der Waals surface area (Å²) in [4.78, 5) is 28.9. The number of aryl methyl sites for hydroxylation is 1. The molecule has 3 rings (SSSR count). The Balaban J connectivity index is 1.63. The van der Waals surface area contributed by atoms with E-state index >= 15 is 0 Å². The van der Waals surface area contributed by atoms with E-state index in [-0.39, 0.29) is 11.8 Å². The molecule has 0 radical (unpaired) electrons. The van der Waals surface area contributed by atoms with E-state index in [2.05, 4.69) is 0 Å². The van der Waals surface area contributed by atoms with Crippen LogP contribution in [0.2, 0.25) is 0 Å². The summed E-state index contributed by atoms with van der Waals surface area (Å²) in [6.07, 6.45) is 3.21. The highest BCUT2D eigenvalue weighted by molar-refractivity contribution is 5.98. The second-order valence-electron chi connectivity index (χ2n) is 6.67. The van der Waals surface area contributed by atoms with E-state index in [0.29, 0.717) is 51.4 Å². The predicted molar refractivity (Wildman–Crippen MR) is 101 cm³/mol. The fraction of sp³-hybridized carbons (Fsp3) is 0.500. The SMILES string of the molecule is CCOCCC(=O)N1CCCN(C(=O)c2ccc3ccn(C)c3c2)CC1. The summed E-state index contributed by atoms with van der Waals surface area (Å²) in [7, 11) is 1.98. The van der Waals surface area contributed by atoms with Crippen molar-refractivity contribution in [2.24, 2.45) is 7.05 Å². The van der Waals surface area contributed by atoms with Crippen molar-refractivity contribution < 1.29 is 14.3 Å². The van der Waals surface area contributed by atoms with Crippen molar-refractivity contribution in [3.8, 4) is 0 Å². The normalized spacial score (nSPS) is 15.3. The van der Waals surface area contributed by atoms with E-state index in [1.165, 1.54) is 0 Å². The highest BCUT2D eigenvalue weighted by Gasteiger charge is 2.23. The van der Waals surface area contributed by atoms with Crippen molar-refractivity contribution in [3.63, 3.8) is 0 Å². The Bertz CT molecular complexity index is 784. The highest BCUT2D eigenvalue weighted by Crippen LogP contribution is 2.18. The molecule has 0 N–H and O–H groups in total. The lowest BCUT2D eigenvalue weighted by molar-refractivity contribution is -0.132. The minimum Gasteiger partial charge on any atom is -0.381 e. The maximum absolute atomic E-state index is 12.9. The van der Waals surface area contributed by atoms with Crippen LogP contribution in [-0.2, 0) is 16.6 Å². The maximum atomic E-state index is 12.9. The predicted octanol–water partition coefficient (Wildman–Crippen LogP) is 2.28. The number of amides is 2. The second kappa shape index (κ2) is 8.36. The van der Waals surface area contributed by atoms with Gasteiger partial charge in [0.05, 0.1) is 13.0 Å². The van der Waals surface area contributed by atoms with Gasteiger partial charge in [-0.15, -0.1) is 0 Å². The van der Waals surface area contributed by atoms with Crippen LogP contribution in [0.4, 0.5) is 0 Å². The Morgan fingerprint density at radius 3 is 2.65 bits per heavy atom. The van der Waals surface area contributed by atoms with Gasteiger partial charge in [0.1, 0.15) is 0 Å². The molecular formula is C20H27N3O3. The molecule has 0 aliphatic carbocycles. The van der Waals surface area contributed by atoms with Gasteiger partial charge in [-0.05, 0) is 36.9 Å². The Labute approximate surface area is 154 Å². The standard InChI is InChI=1S/C20H27N3O3/c1-3-26-14-8-19(24)22-9-4-10-23(13-12-22)20(25)17-6-5-16-7-11-21(2)18(16)15-17/h5-7,11,15H,3-4,8-10,12-14H2,1-2H3. The monoisotopic (exact) mass is 357 g/mol. The van der Waals surface area contributed by atoms with Gasteiger partial charge in [-0.2, -0.15) is 0 Å². The van der Waals surface area contributed by atoms with Gasteiger partial charge in [-0.3, -0.25) is 9.59 Å².